The first-order valence-corrected chi connectivity index (χ1v) is 8.56. The van der Waals surface area contributed by atoms with Crippen molar-refractivity contribution in [2.75, 3.05) is 0 Å². The number of aryl methyl sites for hydroxylation is 2. The lowest BCUT2D eigenvalue weighted by Crippen LogP contribution is -2.33. The molecule has 0 saturated carbocycles. The van der Waals surface area contributed by atoms with Gasteiger partial charge >= 0.3 is 0 Å². The molecule has 5 nitrogen and oxygen atoms in total. The Labute approximate surface area is 147 Å². The fourth-order valence-corrected chi connectivity index (χ4v) is 3.27. The van der Waals surface area contributed by atoms with Crippen molar-refractivity contribution in [2.45, 2.75) is 46.3 Å². The number of fused-ring (bicyclic) bond motifs is 1. The third kappa shape index (κ3) is 2.96. The summed E-state index contributed by atoms with van der Waals surface area (Å²) in [5.74, 6) is 1.56. The van der Waals surface area contributed by atoms with Crippen LogP contribution in [0.25, 0.3) is 17.2 Å². The molecule has 0 radical (unpaired) electrons. The highest BCUT2D eigenvalue weighted by Crippen LogP contribution is 2.31. The number of benzene rings is 1. The molecule has 3 aromatic rings. The van der Waals surface area contributed by atoms with E-state index in [2.05, 4.69) is 25.0 Å². The topological polar surface area (TPSA) is 52.8 Å². The van der Waals surface area contributed by atoms with Crippen molar-refractivity contribution in [2.24, 2.45) is 0 Å². The summed E-state index contributed by atoms with van der Waals surface area (Å²) in [5, 5.41) is 4.63. The SMILES string of the molecule is Cc1cc(C)n(-c2nc(-c3ccccc3)nc3c2COC(C)(C)C3)n1. The zero-order valence-electron chi connectivity index (χ0n) is 15.1. The third-order valence-corrected chi connectivity index (χ3v) is 4.51. The van der Waals surface area contributed by atoms with Gasteiger partial charge in [-0.05, 0) is 33.8 Å². The van der Waals surface area contributed by atoms with E-state index < -0.39 is 0 Å². The van der Waals surface area contributed by atoms with Crippen LogP contribution in [0, 0.1) is 13.8 Å². The molecule has 0 bridgehead atoms. The molecule has 0 fully saturated rings. The monoisotopic (exact) mass is 334 g/mol. The fourth-order valence-electron chi connectivity index (χ4n) is 3.27. The zero-order chi connectivity index (χ0) is 17.6. The predicted octanol–water partition coefficient (Wildman–Crippen LogP) is 3.80. The maximum Gasteiger partial charge on any atom is 0.163 e. The Morgan fingerprint density at radius 3 is 2.52 bits per heavy atom. The standard InChI is InChI=1S/C20H22N4O/c1-13-10-14(2)24(23-13)19-16-12-25-20(3,4)11-17(16)21-18(22-19)15-8-6-5-7-9-15/h5-10H,11-12H2,1-4H3. The predicted molar refractivity (Wildman–Crippen MR) is 96.6 cm³/mol. The largest absolute Gasteiger partial charge is 0.370 e. The van der Waals surface area contributed by atoms with Crippen molar-refractivity contribution in [3.05, 3.63) is 59.0 Å². The molecule has 0 N–H and O–H groups in total. The summed E-state index contributed by atoms with van der Waals surface area (Å²) in [6.45, 7) is 8.75. The molecule has 0 amide bonds. The van der Waals surface area contributed by atoms with Gasteiger partial charge in [-0.1, -0.05) is 30.3 Å². The lowest BCUT2D eigenvalue weighted by molar-refractivity contribution is -0.0414. The molecule has 3 heterocycles. The number of hydrogen-bond acceptors (Lipinski definition) is 4. The Balaban J connectivity index is 1.95. The molecule has 1 aliphatic heterocycles. The number of aromatic nitrogens is 4. The van der Waals surface area contributed by atoms with E-state index in [1.165, 1.54) is 0 Å². The van der Waals surface area contributed by atoms with E-state index in [-0.39, 0.29) is 5.60 Å². The Kier molecular flexibility index (Phi) is 3.69. The minimum atomic E-state index is -0.221. The van der Waals surface area contributed by atoms with Crippen LogP contribution in [-0.4, -0.2) is 25.3 Å². The molecule has 1 aromatic carbocycles. The van der Waals surface area contributed by atoms with Crippen LogP contribution in [0.1, 0.15) is 36.5 Å². The zero-order valence-corrected chi connectivity index (χ0v) is 15.1. The highest BCUT2D eigenvalue weighted by atomic mass is 16.5. The fraction of sp³-hybridized carbons (Fsp3) is 0.350. The van der Waals surface area contributed by atoms with Crippen molar-refractivity contribution in [3.63, 3.8) is 0 Å². The van der Waals surface area contributed by atoms with Crippen LogP contribution in [0.15, 0.2) is 36.4 Å². The first kappa shape index (κ1) is 16.0. The number of nitrogens with zero attached hydrogens (tertiary/aromatic N) is 4. The summed E-state index contributed by atoms with van der Waals surface area (Å²) in [6.07, 6.45) is 0.761. The Bertz CT molecular complexity index is 928. The minimum Gasteiger partial charge on any atom is -0.370 e. The molecule has 0 spiro atoms. The summed E-state index contributed by atoms with van der Waals surface area (Å²) < 4.78 is 7.93. The number of ether oxygens (including phenoxy) is 1. The molecule has 25 heavy (non-hydrogen) atoms. The molecular formula is C20H22N4O. The third-order valence-electron chi connectivity index (χ3n) is 4.51. The van der Waals surface area contributed by atoms with E-state index in [1.807, 2.05) is 48.9 Å². The molecule has 128 valence electrons. The van der Waals surface area contributed by atoms with Crippen molar-refractivity contribution >= 4 is 0 Å². The molecule has 2 aromatic heterocycles. The highest BCUT2D eigenvalue weighted by Gasteiger charge is 2.31. The van der Waals surface area contributed by atoms with Crippen LogP contribution in [0.4, 0.5) is 0 Å². The van der Waals surface area contributed by atoms with Crippen LogP contribution >= 0.6 is 0 Å². The van der Waals surface area contributed by atoms with Gasteiger partial charge in [0.1, 0.15) is 0 Å². The van der Waals surface area contributed by atoms with E-state index >= 15 is 0 Å². The molecule has 1 aliphatic rings. The van der Waals surface area contributed by atoms with Gasteiger partial charge in [0.05, 0.1) is 23.6 Å². The van der Waals surface area contributed by atoms with Gasteiger partial charge < -0.3 is 4.74 Å². The van der Waals surface area contributed by atoms with Gasteiger partial charge in [0.2, 0.25) is 0 Å². The Hall–Kier alpha value is -2.53. The highest BCUT2D eigenvalue weighted by molar-refractivity contribution is 5.57. The van der Waals surface area contributed by atoms with Crippen molar-refractivity contribution in [1.82, 2.24) is 19.7 Å². The van der Waals surface area contributed by atoms with E-state index in [0.29, 0.717) is 6.61 Å². The van der Waals surface area contributed by atoms with E-state index in [1.54, 1.807) is 0 Å². The van der Waals surface area contributed by atoms with Gasteiger partial charge in [0.15, 0.2) is 11.6 Å². The first-order chi connectivity index (χ1) is 11.9. The van der Waals surface area contributed by atoms with Crippen LogP contribution in [0.3, 0.4) is 0 Å². The van der Waals surface area contributed by atoms with Crippen LogP contribution in [-0.2, 0) is 17.8 Å². The van der Waals surface area contributed by atoms with Crippen molar-refractivity contribution in [1.29, 1.82) is 0 Å². The Morgan fingerprint density at radius 2 is 1.84 bits per heavy atom. The maximum absolute atomic E-state index is 6.03. The molecule has 0 aliphatic carbocycles. The van der Waals surface area contributed by atoms with Crippen LogP contribution in [0.5, 0.6) is 0 Å². The van der Waals surface area contributed by atoms with Crippen molar-refractivity contribution < 1.29 is 4.74 Å². The van der Waals surface area contributed by atoms with E-state index in [9.17, 15) is 0 Å². The molecule has 4 rings (SSSR count). The summed E-state index contributed by atoms with van der Waals surface area (Å²) in [5.41, 5.74) is 4.91. The van der Waals surface area contributed by atoms with E-state index in [4.69, 9.17) is 14.7 Å². The van der Waals surface area contributed by atoms with Gasteiger partial charge in [0, 0.05) is 23.2 Å². The molecule has 0 unspecified atom stereocenters. The average Bonchev–Trinajstić information content (AvgIpc) is 2.91. The molecule has 0 atom stereocenters. The quantitative estimate of drug-likeness (QED) is 0.715. The van der Waals surface area contributed by atoms with Gasteiger partial charge in [-0.2, -0.15) is 5.10 Å². The van der Waals surface area contributed by atoms with Gasteiger partial charge in [-0.15, -0.1) is 0 Å². The second-order valence-corrected chi connectivity index (χ2v) is 7.23. The van der Waals surface area contributed by atoms with Crippen molar-refractivity contribution in [3.8, 4) is 17.2 Å². The molecule has 0 saturated heterocycles. The number of rotatable bonds is 2. The number of hydrogen-bond donors (Lipinski definition) is 0. The smallest absolute Gasteiger partial charge is 0.163 e. The lowest BCUT2D eigenvalue weighted by Gasteiger charge is -2.32. The normalized spacial score (nSPS) is 15.8. The first-order valence-electron chi connectivity index (χ1n) is 8.56. The van der Waals surface area contributed by atoms with Gasteiger partial charge in [0.25, 0.3) is 0 Å². The average molecular weight is 334 g/mol. The van der Waals surface area contributed by atoms with E-state index in [0.717, 1.165) is 46.3 Å². The van der Waals surface area contributed by atoms with Crippen LogP contribution in [0.2, 0.25) is 0 Å². The second-order valence-electron chi connectivity index (χ2n) is 7.23. The summed E-state index contributed by atoms with van der Waals surface area (Å²) in [6, 6.07) is 12.2. The summed E-state index contributed by atoms with van der Waals surface area (Å²) >= 11 is 0. The van der Waals surface area contributed by atoms with Gasteiger partial charge in [-0.3, -0.25) is 0 Å². The second kappa shape index (κ2) is 5.77. The summed E-state index contributed by atoms with van der Waals surface area (Å²) in [7, 11) is 0. The summed E-state index contributed by atoms with van der Waals surface area (Å²) in [4.78, 5) is 9.73. The molecule has 5 heteroatoms. The lowest BCUT2D eigenvalue weighted by atomic mass is 9.96. The molecular weight excluding hydrogens is 312 g/mol. The minimum absolute atomic E-state index is 0.221. The maximum atomic E-state index is 6.03. The van der Waals surface area contributed by atoms with Crippen LogP contribution < -0.4 is 0 Å². The van der Waals surface area contributed by atoms with Gasteiger partial charge in [-0.25, -0.2) is 14.6 Å². The Morgan fingerprint density at radius 1 is 1.08 bits per heavy atom.